The standard InChI is InChI=1S/C13H18N9O12P3/c1-13(16-2,20-21-15)32-7-3-9(22-6-19-10-11(14)17-5-18-12(10)22)31-8(7)4-30-36(26,27)34-37(28,29)33-35(23,24)25/h5-9H,3-4H2,1H3,(H,26,27)(H,28,29)(H2,14,17,18)(H2,23,24,25)/t7?,8-,9-,13?/m1/s1. The van der Waals surface area contributed by atoms with Gasteiger partial charge in [-0.3, -0.25) is 18.7 Å². The Balaban J connectivity index is 1.83. The monoisotopic (exact) mass is 585 g/mol. The zero-order chi connectivity index (χ0) is 27.6. The summed E-state index contributed by atoms with van der Waals surface area (Å²) >= 11 is 0. The lowest BCUT2D eigenvalue weighted by Crippen LogP contribution is -2.35. The molecule has 2 aromatic rings. The van der Waals surface area contributed by atoms with Gasteiger partial charge in [0.2, 0.25) is 0 Å². The van der Waals surface area contributed by atoms with Crippen LogP contribution in [0.2, 0.25) is 0 Å². The molecule has 3 heterocycles. The minimum absolute atomic E-state index is 0.0719. The summed E-state index contributed by atoms with van der Waals surface area (Å²) < 4.78 is 59.2. The van der Waals surface area contributed by atoms with E-state index in [9.17, 15) is 23.5 Å². The Morgan fingerprint density at radius 2 is 1.97 bits per heavy atom. The number of nitrogens with two attached hydrogens (primary N) is 1. The van der Waals surface area contributed by atoms with Gasteiger partial charge in [0.05, 0.1) is 19.0 Å². The van der Waals surface area contributed by atoms with Crippen molar-refractivity contribution >= 4 is 40.4 Å². The van der Waals surface area contributed by atoms with E-state index in [0.717, 1.165) is 6.92 Å². The van der Waals surface area contributed by atoms with Crippen LogP contribution in [0.4, 0.5) is 5.82 Å². The average molecular weight is 585 g/mol. The Labute approximate surface area is 206 Å². The molecule has 3 rings (SSSR count). The van der Waals surface area contributed by atoms with E-state index in [2.05, 4.69) is 43.0 Å². The van der Waals surface area contributed by atoms with E-state index >= 15 is 0 Å². The van der Waals surface area contributed by atoms with Crippen molar-refractivity contribution in [1.82, 2.24) is 19.5 Å². The molecule has 0 amide bonds. The molecule has 24 heteroatoms. The van der Waals surface area contributed by atoms with Crippen molar-refractivity contribution in [3.05, 3.63) is 34.5 Å². The van der Waals surface area contributed by atoms with Gasteiger partial charge in [0.15, 0.2) is 11.5 Å². The lowest BCUT2D eigenvalue weighted by molar-refractivity contribution is -0.0985. The van der Waals surface area contributed by atoms with Gasteiger partial charge in [-0.25, -0.2) is 35.2 Å². The van der Waals surface area contributed by atoms with Crippen molar-refractivity contribution in [2.24, 2.45) is 5.11 Å². The highest BCUT2D eigenvalue weighted by atomic mass is 31.3. The predicted molar refractivity (Wildman–Crippen MR) is 117 cm³/mol. The van der Waals surface area contributed by atoms with Crippen molar-refractivity contribution in [2.75, 3.05) is 12.3 Å². The fraction of sp³-hybridized carbons (Fsp3) is 0.538. The van der Waals surface area contributed by atoms with Gasteiger partial charge in [-0.05, 0) is 5.53 Å². The number of anilines is 1. The van der Waals surface area contributed by atoms with E-state index in [1.54, 1.807) is 0 Å². The molecule has 0 saturated carbocycles. The number of azide groups is 1. The number of aromatic nitrogens is 4. The Morgan fingerprint density at radius 3 is 2.59 bits per heavy atom. The van der Waals surface area contributed by atoms with Crippen LogP contribution in [0.1, 0.15) is 19.6 Å². The number of phosphoric ester groups is 1. The van der Waals surface area contributed by atoms with Crippen LogP contribution in [0.3, 0.4) is 0 Å². The molecule has 6 atom stereocenters. The predicted octanol–water partition coefficient (Wildman–Crippen LogP) is 1.33. The van der Waals surface area contributed by atoms with E-state index in [-0.39, 0.29) is 23.4 Å². The Bertz CT molecular complexity index is 1400. The van der Waals surface area contributed by atoms with E-state index in [4.69, 9.17) is 37.1 Å². The molecule has 0 bridgehead atoms. The Morgan fingerprint density at radius 1 is 1.27 bits per heavy atom. The summed E-state index contributed by atoms with van der Waals surface area (Å²) in [6.45, 7) is 7.51. The van der Waals surface area contributed by atoms with Crippen LogP contribution in [0, 0.1) is 6.57 Å². The number of nitrogen functional groups attached to an aromatic ring is 1. The topological polar surface area (TPSA) is 301 Å². The molecule has 1 aliphatic rings. The fourth-order valence-electron chi connectivity index (χ4n) is 3.14. The Kier molecular flexibility index (Phi) is 8.39. The molecular formula is C13H18N9O12P3. The highest BCUT2D eigenvalue weighted by Crippen LogP contribution is 2.66. The average Bonchev–Trinajstić information content (AvgIpc) is 3.34. The minimum Gasteiger partial charge on any atom is -0.382 e. The number of hydrogen-bond acceptors (Lipinski definition) is 13. The first-order chi connectivity index (χ1) is 17.1. The first-order valence-corrected chi connectivity index (χ1v) is 14.1. The summed E-state index contributed by atoms with van der Waals surface area (Å²) in [5.41, 5.74) is 15.0. The van der Waals surface area contributed by atoms with E-state index in [0.29, 0.717) is 0 Å². The van der Waals surface area contributed by atoms with Crippen molar-refractivity contribution < 1.29 is 55.9 Å². The number of fused-ring (bicyclic) bond motifs is 1. The van der Waals surface area contributed by atoms with Gasteiger partial charge < -0.3 is 30.0 Å². The van der Waals surface area contributed by atoms with Crippen LogP contribution in [0.5, 0.6) is 0 Å². The third kappa shape index (κ3) is 7.51. The first kappa shape index (κ1) is 29.0. The van der Waals surface area contributed by atoms with Gasteiger partial charge in [0.25, 0.3) is 0 Å². The summed E-state index contributed by atoms with van der Waals surface area (Å²) in [7, 11) is -16.8. The molecule has 1 aliphatic heterocycles. The van der Waals surface area contributed by atoms with Gasteiger partial charge in [-0.2, -0.15) is 8.62 Å². The summed E-state index contributed by atoms with van der Waals surface area (Å²) in [5.74, 6) is -1.99. The zero-order valence-corrected chi connectivity index (χ0v) is 21.0. The summed E-state index contributed by atoms with van der Waals surface area (Å²) in [6, 6.07) is 0. The van der Waals surface area contributed by atoms with E-state index in [1.165, 1.54) is 17.2 Å². The smallest absolute Gasteiger partial charge is 0.382 e. The second kappa shape index (κ2) is 10.7. The zero-order valence-electron chi connectivity index (χ0n) is 18.4. The maximum absolute atomic E-state index is 12.1. The largest absolute Gasteiger partial charge is 0.490 e. The van der Waals surface area contributed by atoms with Gasteiger partial charge in [-0.15, -0.1) is 0 Å². The highest BCUT2D eigenvalue weighted by molar-refractivity contribution is 7.66. The molecule has 1 saturated heterocycles. The summed E-state index contributed by atoms with van der Waals surface area (Å²) in [4.78, 5) is 54.0. The molecule has 0 spiro atoms. The molecule has 6 N–H and O–H groups in total. The second-order valence-corrected chi connectivity index (χ2v) is 11.6. The number of rotatable bonds is 11. The molecule has 37 heavy (non-hydrogen) atoms. The molecular weight excluding hydrogens is 567 g/mol. The van der Waals surface area contributed by atoms with Crippen LogP contribution >= 0.6 is 23.5 Å². The van der Waals surface area contributed by atoms with Crippen LogP contribution in [-0.2, 0) is 36.3 Å². The van der Waals surface area contributed by atoms with Crippen molar-refractivity contribution in [2.45, 2.75) is 37.6 Å². The highest BCUT2D eigenvalue weighted by Gasteiger charge is 2.47. The SMILES string of the molecule is [C-]#[N+]C(C)(N=[N+]=[N-])OC1C[C@H](n2cnc3c(N)ncnc32)O[C@@H]1COP(=O)(O)OP(=O)(O)OP(=O)(O)O. The molecule has 0 aliphatic carbocycles. The summed E-state index contributed by atoms with van der Waals surface area (Å²) in [5, 5.41) is 3.28. The van der Waals surface area contributed by atoms with Crippen molar-refractivity contribution in [3.63, 3.8) is 0 Å². The lowest BCUT2D eigenvalue weighted by atomic mass is 10.2. The molecule has 21 nitrogen and oxygen atoms in total. The van der Waals surface area contributed by atoms with Gasteiger partial charge >= 0.3 is 29.3 Å². The third-order valence-electron chi connectivity index (χ3n) is 4.51. The van der Waals surface area contributed by atoms with Gasteiger partial charge in [0, 0.05) is 23.4 Å². The van der Waals surface area contributed by atoms with Crippen LogP contribution in [0.15, 0.2) is 17.8 Å². The maximum Gasteiger partial charge on any atom is 0.490 e. The first-order valence-electron chi connectivity index (χ1n) is 9.56. The molecule has 0 radical (unpaired) electrons. The number of phosphoric acid groups is 3. The molecule has 1 fully saturated rings. The fourth-order valence-corrected chi connectivity index (χ4v) is 6.17. The molecule has 2 aromatic heterocycles. The number of nitrogens with zero attached hydrogens (tertiary/aromatic N) is 8. The van der Waals surface area contributed by atoms with E-state index < -0.39 is 54.4 Å². The molecule has 202 valence electrons. The van der Waals surface area contributed by atoms with Crippen LogP contribution in [0.25, 0.3) is 26.5 Å². The normalized spacial score (nSPS) is 24.9. The van der Waals surface area contributed by atoms with Crippen molar-refractivity contribution in [1.29, 1.82) is 0 Å². The summed E-state index contributed by atoms with van der Waals surface area (Å²) in [6.07, 6.45) is -1.00. The minimum atomic E-state index is -5.75. The number of ether oxygens (including phenoxy) is 2. The second-order valence-electron chi connectivity index (χ2n) is 7.23. The van der Waals surface area contributed by atoms with E-state index in [1.807, 2.05) is 0 Å². The molecule has 4 unspecified atom stereocenters. The van der Waals surface area contributed by atoms with Crippen LogP contribution < -0.4 is 5.73 Å². The van der Waals surface area contributed by atoms with Crippen molar-refractivity contribution in [3.8, 4) is 0 Å². The quantitative estimate of drug-likeness (QED) is 0.0816. The van der Waals surface area contributed by atoms with Gasteiger partial charge in [0.1, 0.15) is 24.2 Å². The van der Waals surface area contributed by atoms with Crippen LogP contribution in [-0.4, -0.2) is 63.8 Å². The lowest BCUT2D eigenvalue weighted by Gasteiger charge is -2.23. The molecule has 0 aromatic carbocycles. The Hall–Kier alpha value is -2.52. The number of hydrogen-bond donors (Lipinski definition) is 5. The third-order valence-corrected chi connectivity index (χ3v) is 8.31. The van der Waals surface area contributed by atoms with Gasteiger partial charge in [-0.1, -0.05) is 0 Å². The maximum atomic E-state index is 12.1. The number of imidazole rings is 1.